The lowest BCUT2D eigenvalue weighted by atomic mass is 10.2. The van der Waals surface area contributed by atoms with Crippen LogP contribution >= 0.6 is 11.8 Å². The molecule has 6 nitrogen and oxygen atoms in total. The van der Waals surface area contributed by atoms with Gasteiger partial charge in [-0.05, 0) is 35.4 Å². The van der Waals surface area contributed by atoms with E-state index in [4.69, 9.17) is 5.26 Å². The van der Waals surface area contributed by atoms with Gasteiger partial charge in [0.2, 0.25) is 5.78 Å². The van der Waals surface area contributed by atoms with Crippen LogP contribution in [0.2, 0.25) is 0 Å². The quantitative estimate of drug-likeness (QED) is 0.395. The molecule has 3 aromatic carbocycles. The Hall–Kier alpha value is -3.89. The fourth-order valence-electron chi connectivity index (χ4n) is 3.56. The van der Waals surface area contributed by atoms with Crippen molar-refractivity contribution in [3.05, 3.63) is 106 Å². The van der Waals surface area contributed by atoms with E-state index >= 15 is 0 Å². The van der Waals surface area contributed by atoms with E-state index in [1.165, 1.54) is 0 Å². The van der Waals surface area contributed by atoms with Crippen LogP contribution in [0.4, 0.5) is 0 Å². The van der Waals surface area contributed by atoms with E-state index in [9.17, 15) is 4.79 Å². The second-order valence-corrected chi connectivity index (χ2v) is 8.05. The topological polar surface area (TPSA) is 76.0 Å². The number of hydrogen-bond acceptors (Lipinski definition) is 5. The highest BCUT2D eigenvalue weighted by molar-refractivity contribution is 7.98. The van der Waals surface area contributed by atoms with Crippen molar-refractivity contribution in [1.82, 2.24) is 19.2 Å². The lowest BCUT2D eigenvalue weighted by Crippen LogP contribution is -2.24. The molecular weight excluding hydrogens is 406 g/mol. The SMILES string of the molecule is N#Cc1ccc(CSc2nnc3n(Cc4ccccc4)c(=O)c4ccccc4n23)cc1. The van der Waals surface area contributed by atoms with Gasteiger partial charge in [-0.3, -0.25) is 13.8 Å². The highest BCUT2D eigenvalue weighted by Gasteiger charge is 2.17. The number of para-hydroxylation sites is 1. The third kappa shape index (κ3) is 3.58. The third-order valence-corrected chi connectivity index (χ3v) is 6.11. The molecule has 31 heavy (non-hydrogen) atoms. The van der Waals surface area contributed by atoms with Gasteiger partial charge >= 0.3 is 0 Å². The van der Waals surface area contributed by atoms with E-state index in [1.54, 1.807) is 16.3 Å². The lowest BCUT2D eigenvalue weighted by molar-refractivity contribution is 0.764. The van der Waals surface area contributed by atoms with Gasteiger partial charge in [-0.1, -0.05) is 66.4 Å². The van der Waals surface area contributed by atoms with Gasteiger partial charge in [0.25, 0.3) is 5.56 Å². The number of hydrogen-bond donors (Lipinski definition) is 0. The van der Waals surface area contributed by atoms with Crippen molar-refractivity contribution in [2.75, 3.05) is 0 Å². The summed E-state index contributed by atoms with van der Waals surface area (Å²) in [6, 6.07) is 27.1. The standard InChI is InChI=1S/C24H17N5OS/c25-14-17-10-12-19(13-11-17)16-31-24-27-26-23-28(15-18-6-2-1-3-7-18)22(30)20-8-4-5-9-21(20)29(23)24/h1-13H,15-16H2. The Balaban J connectivity index is 1.60. The number of aromatic nitrogens is 4. The molecule has 5 aromatic rings. The fourth-order valence-corrected chi connectivity index (χ4v) is 4.45. The molecule has 0 aliphatic rings. The molecule has 2 aromatic heterocycles. The molecule has 0 N–H and O–H groups in total. The van der Waals surface area contributed by atoms with E-state index < -0.39 is 0 Å². The molecule has 2 heterocycles. The molecule has 0 unspecified atom stereocenters. The van der Waals surface area contributed by atoms with Crippen LogP contribution in [0, 0.1) is 11.3 Å². The summed E-state index contributed by atoms with van der Waals surface area (Å²) in [5.41, 5.74) is 3.46. The number of thioether (sulfide) groups is 1. The molecule has 0 radical (unpaired) electrons. The molecule has 0 amide bonds. The van der Waals surface area contributed by atoms with Crippen LogP contribution in [0.15, 0.2) is 88.8 Å². The predicted molar refractivity (Wildman–Crippen MR) is 121 cm³/mol. The molecule has 0 atom stereocenters. The molecular formula is C24H17N5OS. The first-order chi connectivity index (χ1) is 15.2. The van der Waals surface area contributed by atoms with Gasteiger partial charge in [0, 0.05) is 5.75 Å². The molecule has 0 fully saturated rings. The fraction of sp³-hybridized carbons (Fsp3) is 0.0833. The molecule has 5 rings (SSSR count). The molecule has 0 spiro atoms. The van der Waals surface area contributed by atoms with Crippen molar-refractivity contribution in [2.45, 2.75) is 17.5 Å². The molecule has 0 saturated carbocycles. The minimum atomic E-state index is -0.0806. The van der Waals surface area contributed by atoms with Gasteiger partial charge in [0.05, 0.1) is 29.1 Å². The van der Waals surface area contributed by atoms with Gasteiger partial charge in [-0.15, -0.1) is 10.2 Å². The van der Waals surface area contributed by atoms with E-state index in [0.717, 1.165) is 21.8 Å². The minimum absolute atomic E-state index is 0.0806. The Morgan fingerprint density at radius 3 is 2.39 bits per heavy atom. The second kappa shape index (κ2) is 8.09. The van der Waals surface area contributed by atoms with Crippen molar-refractivity contribution < 1.29 is 0 Å². The van der Waals surface area contributed by atoms with Crippen LogP contribution in [-0.4, -0.2) is 19.2 Å². The number of nitriles is 1. The first-order valence-corrected chi connectivity index (χ1v) is 10.8. The Bertz CT molecular complexity index is 1480. The molecule has 150 valence electrons. The first-order valence-electron chi connectivity index (χ1n) is 9.77. The van der Waals surface area contributed by atoms with Gasteiger partial charge in [0.15, 0.2) is 5.16 Å². The Labute approximate surface area is 182 Å². The second-order valence-electron chi connectivity index (χ2n) is 7.11. The van der Waals surface area contributed by atoms with Crippen LogP contribution in [0.25, 0.3) is 16.7 Å². The van der Waals surface area contributed by atoms with Gasteiger partial charge < -0.3 is 0 Å². The molecule has 7 heteroatoms. The summed E-state index contributed by atoms with van der Waals surface area (Å²) in [6.07, 6.45) is 0. The van der Waals surface area contributed by atoms with E-state index in [1.807, 2.05) is 83.3 Å². The minimum Gasteiger partial charge on any atom is -0.272 e. The third-order valence-electron chi connectivity index (χ3n) is 5.11. The van der Waals surface area contributed by atoms with Gasteiger partial charge in [-0.25, -0.2) is 0 Å². The summed E-state index contributed by atoms with van der Waals surface area (Å²) >= 11 is 1.55. The summed E-state index contributed by atoms with van der Waals surface area (Å²) in [4.78, 5) is 13.2. The van der Waals surface area contributed by atoms with E-state index in [-0.39, 0.29) is 5.56 Å². The highest BCUT2D eigenvalue weighted by Crippen LogP contribution is 2.25. The Kier molecular flexibility index (Phi) is 4.98. The zero-order valence-corrected chi connectivity index (χ0v) is 17.3. The van der Waals surface area contributed by atoms with Crippen LogP contribution in [0.1, 0.15) is 16.7 Å². The Morgan fingerprint density at radius 1 is 0.871 bits per heavy atom. The summed E-state index contributed by atoms with van der Waals surface area (Å²) in [6.45, 7) is 0.423. The van der Waals surface area contributed by atoms with Gasteiger partial charge in [-0.2, -0.15) is 5.26 Å². The lowest BCUT2D eigenvalue weighted by Gasteiger charge is -2.11. The van der Waals surface area contributed by atoms with Crippen molar-refractivity contribution in [3.8, 4) is 6.07 Å². The summed E-state index contributed by atoms with van der Waals surface area (Å²) in [5, 5.41) is 19.1. The number of rotatable bonds is 5. The molecule has 0 saturated heterocycles. The molecule has 0 bridgehead atoms. The van der Waals surface area contributed by atoms with Crippen LogP contribution in [0.5, 0.6) is 0 Å². The highest BCUT2D eigenvalue weighted by atomic mass is 32.2. The van der Waals surface area contributed by atoms with Crippen LogP contribution < -0.4 is 5.56 Å². The number of nitrogens with zero attached hydrogens (tertiary/aromatic N) is 5. The predicted octanol–water partition coefficient (Wildman–Crippen LogP) is 4.26. The van der Waals surface area contributed by atoms with Crippen molar-refractivity contribution in [3.63, 3.8) is 0 Å². The summed E-state index contributed by atoms with van der Waals surface area (Å²) < 4.78 is 3.63. The van der Waals surface area contributed by atoms with Crippen molar-refractivity contribution in [2.24, 2.45) is 0 Å². The summed E-state index contributed by atoms with van der Waals surface area (Å²) in [5.74, 6) is 1.20. The summed E-state index contributed by atoms with van der Waals surface area (Å²) in [7, 11) is 0. The van der Waals surface area contributed by atoms with Crippen molar-refractivity contribution in [1.29, 1.82) is 5.26 Å². The van der Waals surface area contributed by atoms with Crippen molar-refractivity contribution >= 4 is 28.4 Å². The van der Waals surface area contributed by atoms with Gasteiger partial charge in [0.1, 0.15) is 0 Å². The van der Waals surface area contributed by atoms with E-state index in [0.29, 0.717) is 29.0 Å². The maximum Gasteiger partial charge on any atom is 0.263 e. The average molecular weight is 424 g/mol. The molecule has 0 aliphatic carbocycles. The maximum absolute atomic E-state index is 13.2. The monoisotopic (exact) mass is 423 g/mol. The largest absolute Gasteiger partial charge is 0.272 e. The molecule has 0 aliphatic heterocycles. The average Bonchev–Trinajstić information content (AvgIpc) is 3.25. The number of benzene rings is 3. The van der Waals surface area contributed by atoms with E-state index in [2.05, 4.69) is 16.3 Å². The maximum atomic E-state index is 13.2. The zero-order chi connectivity index (χ0) is 21.2. The zero-order valence-electron chi connectivity index (χ0n) is 16.5. The van der Waals surface area contributed by atoms with Crippen LogP contribution in [0.3, 0.4) is 0 Å². The number of fused-ring (bicyclic) bond motifs is 3. The first kappa shape index (κ1) is 19.1. The smallest absolute Gasteiger partial charge is 0.263 e. The normalized spacial score (nSPS) is 11.1. The Morgan fingerprint density at radius 2 is 1.61 bits per heavy atom. The van der Waals surface area contributed by atoms with Crippen LogP contribution in [-0.2, 0) is 12.3 Å².